The molecule has 2 aliphatic heterocycles. The Hall–Kier alpha value is -3.22. The van der Waals surface area contributed by atoms with Gasteiger partial charge >= 0.3 is 0 Å². The maximum atomic E-state index is 6.77. The molecule has 1 fully saturated rings. The van der Waals surface area contributed by atoms with Crippen molar-refractivity contribution in [2.24, 2.45) is 5.92 Å². The molecule has 0 radical (unpaired) electrons. The average Bonchev–Trinajstić information content (AvgIpc) is 3.52. The Kier molecular flexibility index (Phi) is 6.46. The van der Waals surface area contributed by atoms with Gasteiger partial charge in [-0.15, -0.1) is 0 Å². The molecule has 0 amide bonds. The lowest BCUT2D eigenvalue weighted by molar-refractivity contribution is 0.174. The van der Waals surface area contributed by atoms with Gasteiger partial charge in [0.25, 0.3) is 0 Å². The van der Waals surface area contributed by atoms with E-state index in [1.165, 1.54) is 0 Å². The van der Waals surface area contributed by atoms with Gasteiger partial charge in [0.05, 0.1) is 24.7 Å². The third kappa shape index (κ3) is 4.40. The number of nitrogens with one attached hydrogen (secondary N) is 1. The minimum absolute atomic E-state index is 0.201. The second kappa shape index (κ2) is 10.0. The van der Waals surface area contributed by atoms with Gasteiger partial charge in [0, 0.05) is 22.6 Å². The quantitative estimate of drug-likeness (QED) is 0.345. The van der Waals surface area contributed by atoms with Crippen molar-refractivity contribution in [2.45, 2.75) is 31.7 Å². The second-order valence-corrected chi connectivity index (χ2v) is 9.96. The van der Waals surface area contributed by atoms with E-state index in [0.29, 0.717) is 23.2 Å². The van der Waals surface area contributed by atoms with E-state index in [9.17, 15) is 0 Å². The highest BCUT2D eigenvalue weighted by Gasteiger charge is 2.31. The van der Waals surface area contributed by atoms with Crippen molar-refractivity contribution in [1.82, 2.24) is 14.9 Å². The first-order valence-corrected chi connectivity index (χ1v) is 12.9. The van der Waals surface area contributed by atoms with Crippen molar-refractivity contribution in [2.75, 3.05) is 27.0 Å². The lowest BCUT2D eigenvalue weighted by Gasteiger charge is -2.31. The molecule has 1 aromatic heterocycles. The zero-order valence-electron chi connectivity index (χ0n) is 20.4. The van der Waals surface area contributed by atoms with Crippen molar-refractivity contribution in [3.05, 3.63) is 82.6 Å². The number of halogens is 1. The maximum Gasteiger partial charge on any atom is 0.231 e. The van der Waals surface area contributed by atoms with Crippen LogP contribution in [0.25, 0.3) is 11.0 Å². The fourth-order valence-corrected chi connectivity index (χ4v) is 5.85. The summed E-state index contributed by atoms with van der Waals surface area (Å²) in [5, 5.41) is 4.23. The minimum Gasteiger partial charge on any atom is -0.496 e. The third-order valence-electron chi connectivity index (χ3n) is 7.47. The van der Waals surface area contributed by atoms with Crippen LogP contribution in [0.4, 0.5) is 0 Å². The first-order valence-electron chi connectivity index (χ1n) is 12.6. The molecule has 1 saturated heterocycles. The number of imidazole rings is 1. The van der Waals surface area contributed by atoms with Gasteiger partial charge in [-0.3, -0.25) is 0 Å². The van der Waals surface area contributed by atoms with Crippen LogP contribution in [0, 0.1) is 5.92 Å². The van der Waals surface area contributed by atoms with Crippen LogP contribution >= 0.6 is 11.6 Å². The standard InChI is InChI=1S/C29H30ClN3O3/c1-34-26-9-5-2-6-20(26)17-33-25-8-4-3-7-24(25)32-29(33)22(19-10-12-31-13-11-19)14-21-15-27-28(16-23(21)30)36-18-35-27/h2-9,15-16,19,22,31H,10-14,17-18H2,1H3. The van der Waals surface area contributed by atoms with Gasteiger partial charge in [0.2, 0.25) is 6.79 Å². The first kappa shape index (κ1) is 23.2. The van der Waals surface area contributed by atoms with E-state index < -0.39 is 0 Å². The van der Waals surface area contributed by atoms with Crippen LogP contribution in [0.5, 0.6) is 17.2 Å². The van der Waals surface area contributed by atoms with Gasteiger partial charge in [-0.05, 0) is 68.1 Å². The van der Waals surface area contributed by atoms with E-state index in [-0.39, 0.29) is 12.7 Å². The van der Waals surface area contributed by atoms with Gasteiger partial charge in [0.15, 0.2) is 11.5 Å². The molecule has 36 heavy (non-hydrogen) atoms. The number of para-hydroxylation sites is 3. The van der Waals surface area contributed by atoms with E-state index in [2.05, 4.69) is 46.3 Å². The van der Waals surface area contributed by atoms with Gasteiger partial charge in [0.1, 0.15) is 11.6 Å². The van der Waals surface area contributed by atoms with E-state index in [4.69, 9.17) is 30.8 Å². The lowest BCUT2D eigenvalue weighted by atomic mass is 9.80. The number of benzene rings is 3. The number of hydrogen-bond donors (Lipinski definition) is 1. The highest BCUT2D eigenvalue weighted by Crippen LogP contribution is 2.41. The van der Waals surface area contributed by atoms with Crippen LogP contribution in [-0.2, 0) is 13.0 Å². The number of rotatable bonds is 7. The minimum atomic E-state index is 0.201. The van der Waals surface area contributed by atoms with Crippen molar-refractivity contribution in [3.63, 3.8) is 0 Å². The van der Waals surface area contributed by atoms with Crippen LogP contribution in [0.2, 0.25) is 5.02 Å². The SMILES string of the molecule is COc1ccccc1Cn1c(C(Cc2cc3c(cc2Cl)OCO3)C2CCNCC2)nc2ccccc21. The molecule has 6 rings (SSSR count). The summed E-state index contributed by atoms with van der Waals surface area (Å²) in [5.74, 6) is 4.15. The van der Waals surface area contributed by atoms with Crippen molar-refractivity contribution in [1.29, 1.82) is 0 Å². The molecule has 2 aliphatic rings. The summed E-state index contributed by atoms with van der Waals surface area (Å²) in [4.78, 5) is 5.24. The zero-order chi connectivity index (χ0) is 24.5. The molecule has 0 aliphatic carbocycles. The second-order valence-electron chi connectivity index (χ2n) is 9.55. The maximum absolute atomic E-state index is 6.77. The molecule has 0 bridgehead atoms. The van der Waals surface area contributed by atoms with Gasteiger partial charge in [-0.1, -0.05) is 41.9 Å². The lowest BCUT2D eigenvalue weighted by Crippen LogP contribution is -2.32. The Labute approximate surface area is 216 Å². The fraction of sp³-hybridized carbons (Fsp3) is 0.345. The number of ether oxygens (including phenoxy) is 3. The van der Waals surface area contributed by atoms with Crippen LogP contribution < -0.4 is 19.5 Å². The zero-order valence-corrected chi connectivity index (χ0v) is 21.1. The largest absolute Gasteiger partial charge is 0.496 e. The Balaban J connectivity index is 1.46. The Bertz CT molecular complexity index is 1380. The van der Waals surface area contributed by atoms with Crippen LogP contribution in [0.15, 0.2) is 60.7 Å². The first-order chi connectivity index (χ1) is 17.7. The van der Waals surface area contributed by atoms with E-state index in [1.807, 2.05) is 24.3 Å². The number of hydrogen-bond acceptors (Lipinski definition) is 5. The van der Waals surface area contributed by atoms with Crippen LogP contribution in [-0.4, -0.2) is 36.5 Å². The van der Waals surface area contributed by atoms with Crippen LogP contribution in [0.1, 0.15) is 35.7 Å². The van der Waals surface area contributed by atoms with Crippen molar-refractivity contribution < 1.29 is 14.2 Å². The van der Waals surface area contributed by atoms with E-state index in [0.717, 1.165) is 71.8 Å². The summed E-state index contributed by atoms with van der Waals surface area (Å²) < 4.78 is 19.3. The summed E-state index contributed by atoms with van der Waals surface area (Å²) in [6.07, 6.45) is 2.99. The third-order valence-corrected chi connectivity index (χ3v) is 7.82. The molecule has 3 aromatic carbocycles. The monoisotopic (exact) mass is 503 g/mol. The molecule has 0 saturated carbocycles. The Morgan fingerprint density at radius 1 is 1.03 bits per heavy atom. The van der Waals surface area contributed by atoms with E-state index >= 15 is 0 Å². The summed E-state index contributed by atoms with van der Waals surface area (Å²) in [5.41, 5.74) is 4.35. The molecular weight excluding hydrogens is 474 g/mol. The molecule has 1 atom stereocenters. The fourth-order valence-electron chi connectivity index (χ4n) is 5.62. The summed E-state index contributed by atoms with van der Waals surface area (Å²) >= 11 is 6.77. The molecule has 4 aromatic rings. The number of nitrogens with zero attached hydrogens (tertiary/aromatic N) is 2. The smallest absolute Gasteiger partial charge is 0.231 e. The molecule has 6 nitrogen and oxygen atoms in total. The van der Waals surface area contributed by atoms with E-state index in [1.54, 1.807) is 7.11 Å². The van der Waals surface area contributed by atoms with Gasteiger partial charge < -0.3 is 24.1 Å². The average molecular weight is 504 g/mol. The molecular formula is C29H30ClN3O3. The topological polar surface area (TPSA) is 57.5 Å². The van der Waals surface area contributed by atoms with Crippen molar-refractivity contribution >= 4 is 22.6 Å². The molecule has 186 valence electrons. The summed E-state index contributed by atoms with van der Waals surface area (Å²) in [6.45, 7) is 2.96. The number of aromatic nitrogens is 2. The normalized spacial score (nSPS) is 16.4. The van der Waals surface area contributed by atoms with Crippen LogP contribution in [0.3, 0.4) is 0 Å². The van der Waals surface area contributed by atoms with Gasteiger partial charge in [-0.25, -0.2) is 4.98 Å². The highest BCUT2D eigenvalue weighted by molar-refractivity contribution is 6.31. The summed E-state index contributed by atoms with van der Waals surface area (Å²) in [6, 6.07) is 20.6. The molecule has 0 spiro atoms. The highest BCUT2D eigenvalue weighted by atomic mass is 35.5. The predicted molar refractivity (Wildman–Crippen MR) is 141 cm³/mol. The molecule has 1 unspecified atom stereocenters. The molecule has 1 N–H and O–H groups in total. The van der Waals surface area contributed by atoms with Gasteiger partial charge in [-0.2, -0.15) is 0 Å². The Morgan fingerprint density at radius 3 is 2.61 bits per heavy atom. The van der Waals surface area contributed by atoms with Crippen molar-refractivity contribution in [3.8, 4) is 17.2 Å². The predicted octanol–water partition coefficient (Wildman–Crippen LogP) is 5.80. The molecule has 7 heteroatoms. The Morgan fingerprint density at radius 2 is 1.78 bits per heavy atom. The summed E-state index contributed by atoms with van der Waals surface area (Å²) in [7, 11) is 1.73. The molecule has 3 heterocycles. The number of fused-ring (bicyclic) bond motifs is 2. The number of methoxy groups -OCH3 is 1. The number of piperidine rings is 1.